The molecule has 0 fully saturated rings. The molecule has 0 radical (unpaired) electrons. The fourth-order valence-electron chi connectivity index (χ4n) is 2.10. The molecule has 1 heterocycles. The zero-order chi connectivity index (χ0) is 18.5. The lowest BCUT2D eigenvalue weighted by Gasteiger charge is -2.09. The molecular weight excluding hydrogens is 373 g/mol. The van der Waals surface area contributed by atoms with Crippen molar-refractivity contribution in [1.82, 2.24) is 9.71 Å². The summed E-state index contributed by atoms with van der Waals surface area (Å²) in [7, 11) is -3.96. The highest BCUT2D eigenvalue weighted by Gasteiger charge is 2.27. The number of alkyl halides is 3. The summed E-state index contributed by atoms with van der Waals surface area (Å²) < 4.78 is 62.3. The largest absolute Gasteiger partial charge is 0.390 e. The van der Waals surface area contributed by atoms with E-state index in [0.29, 0.717) is 0 Å². The molecule has 0 atom stereocenters. The van der Waals surface area contributed by atoms with Gasteiger partial charge in [0.2, 0.25) is 10.0 Å². The Hall–Kier alpha value is -1.45. The number of unbranched alkanes of at least 4 members (excludes halogenated alkanes) is 1. The Morgan fingerprint density at radius 2 is 1.88 bits per heavy atom. The summed E-state index contributed by atoms with van der Waals surface area (Å²) in [6.45, 7) is 1.43. The third-order valence-corrected chi connectivity index (χ3v) is 5.84. The molecule has 1 aromatic heterocycles. The Kier molecular flexibility index (Phi) is 6.59. The maximum atomic E-state index is 12.1. The lowest BCUT2D eigenvalue weighted by atomic mass is 10.2. The highest BCUT2D eigenvalue weighted by Crippen LogP contribution is 2.24. The van der Waals surface area contributed by atoms with Gasteiger partial charge >= 0.3 is 6.18 Å². The van der Waals surface area contributed by atoms with Gasteiger partial charge in [0.15, 0.2) is 0 Å². The molecule has 0 amide bonds. The zero-order valence-electron chi connectivity index (χ0n) is 13.6. The molecule has 2 rings (SSSR count). The van der Waals surface area contributed by atoms with Crippen LogP contribution >= 0.6 is 11.3 Å². The number of thiazole rings is 1. The highest BCUT2D eigenvalue weighted by atomic mass is 32.2. The van der Waals surface area contributed by atoms with Crippen molar-refractivity contribution in [2.24, 2.45) is 0 Å². The third kappa shape index (κ3) is 6.09. The summed E-state index contributed by atoms with van der Waals surface area (Å²) in [5.74, 6) is 0. The summed E-state index contributed by atoms with van der Waals surface area (Å²) >= 11 is 1.56. The molecule has 1 N–H and O–H groups in total. The minimum atomic E-state index is -4.40. The second-order valence-corrected chi connectivity index (χ2v) is 8.23. The molecular formula is C16H19F3N2O2S2. The normalized spacial score (nSPS) is 12.5. The summed E-state index contributed by atoms with van der Waals surface area (Å²) in [4.78, 5) is 4.45. The van der Waals surface area contributed by atoms with Crippen molar-refractivity contribution in [3.63, 3.8) is 0 Å². The SMILES string of the molecule is CCCCc1nc(-c2ccc(S(=O)(=O)NCCC(F)(F)F)cc2)cs1. The van der Waals surface area contributed by atoms with Gasteiger partial charge in [0.1, 0.15) is 0 Å². The summed E-state index contributed by atoms with van der Waals surface area (Å²) in [6, 6.07) is 5.96. The molecule has 0 aliphatic rings. The number of nitrogens with zero attached hydrogens (tertiary/aromatic N) is 1. The summed E-state index contributed by atoms with van der Waals surface area (Å²) in [5.41, 5.74) is 1.54. The first-order valence-electron chi connectivity index (χ1n) is 7.82. The molecule has 1 aromatic carbocycles. The van der Waals surface area contributed by atoms with Crippen molar-refractivity contribution in [2.45, 2.75) is 43.7 Å². The minimum absolute atomic E-state index is 0.0696. The van der Waals surface area contributed by atoms with Crippen molar-refractivity contribution in [3.05, 3.63) is 34.7 Å². The molecule has 25 heavy (non-hydrogen) atoms. The molecule has 0 bridgehead atoms. The third-order valence-electron chi connectivity index (χ3n) is 3.46. The Labute approximate surface area is 149 Å². The Morgan fingerprint density at radius 1 is 1.20 bits per heavy atom. The van der Waals surface area contributed by atoms with Gasteiger partial charge in [-0.1, -0.05) is 25.5 Å². The smallest absolute Gasteiger partial charge is 0.241 e. The maximum absolute atomic E-state index is 12.1. The maximum Gasteiger partial charge on any atom is 0.390 e. The van der Waals surface area contributed by atoms with E-state index in [0.717, 1.165) is 35.5 Å². The van der Waals surface area contributed by atoms with Crippen LogP contribution in [0.1, 0.15) is 31.2 Å². The van der Waals surface area contributed by atoms with E-state index in [2.05, 4.69) is 11.9 Å². The fraction of sp³-hybridized carbons (Fsp3) is 0.438. The lowest BCUT2D eigenvalue weighted by Crippen LogP contribution is -2.28. The number of rotatable bonds is 8. The highest BCUT2D eigenvalue weighted by molar-refractivity contribution is 7.89. The van der Waals surface area contributed by atoms with Crippen LogP contribution in [0, 0.1) is 0 Å². The molecule has 0 aliphatic heterocycles. The van der Waals surface area contributed by atoms with Crippen molar-refractivity contribution in [1.29, 1.82) is 0 Å². The lowest BCUT2D eigenvalue weighted by molar-refractivity contribution is -0.132. The average Bonchev–Trinajstić information content (AvgIpc) is 3.00. The van der Waals surface area contributed by atoms with Gasteiger partial charge in [-0.05, 0) is 25.0 Å². The van der Waals surface area contributed by atoms with Crippen LogP contribution in [0.2, 0.25) is 0 Å². The van der Waals surface area contributed by atoms with Crippen LogP contribution in [0.25, 0.3) is 11.3 Å². The topological polar surface area (TPSA) is 59.1 Å². The van der Waals surface area contributed by atoms with Crippen molar-refractivity contribution >= 4 is 21.4 Å². The summed E-state index contributed by atoms with van der Waals surface area (Å²) in [6.07, 6.45) is -2.54. The molecule has 0 saturated heterocycles. The number of nitrogens with one attached hydrogen (secondary N) is 1. The Balaban J connectivity index is 2.04. The molecule has 2 aromatic rings. The van der Waals surface area contributed by atoms with E-state index in [-0.39, 0.29) is 4.90 Å². The molecule has 0 saturated carbocycles. The number of hydrogen-bond donors (Lipinski definition) is 1. The van der Waals surface area contributed by atoms with Gasteiger partial charge in [-0.15, -0.1) is 11.3 Å². The monoisotopic (exact) mass is 392 g/mol. The Bertz CT molecular complexity index is 784. The summed E-state index contributed by atoms with van der Waals surface area (Å²) in [5, 5.41) is 2.94. The molecule has 0 spiro atoms. The first-order valence-corrected chi connectivity index (χ1v) is 10.2. The van der Waals surface area contributed by atoms with Gasteiger partial charge in [-0.2, -0.15) is 13.2 Å². The number of benzene rings is 1. The Morgan fingerprint density at radius 3 is 2.48 bits per heavy atom. The van der Waals surface area contributed by atoms with E-state index < -0.39 is 29.2 Å². The van der Waals surface area contributed by atoms with Crippen LogP contribution in [0.15, 0.2) is 34.5 Å². The van der Waals surface area contributed by atoms with Gasteiger partial charge < -0.3 is 0 Å². The fourth-order valence-corrected chi connectivity index (χ4v) is 3.98. The van der Waals surface area contributed by atoms with Crippen LogP contribution in [-0.2, 0) is 16.4 Å². The van der Waals surface area contributed by atoms with Crippen molar-refractivity contribution < 1.29 is 21.6 Å². The van der Waals surface area contributed by atoms with E-state index in [4.69, 9.17) is 0 Å². The second-order valence-electron chi connectivity index (χ2n) is 5.52. The number of aromatic nitrogens is 1. The van der Waals surface area contributed by atoms with E-state index in [1.54, 1.807) is 23.5 Å². The molecule has 9 heteroatoms. The molecule has 0 aliphatic carbocycles. The van der Waals surface area contributed by atoms with Gasteiger partial charge in [0.25, 0.3) is 0 Å². The van der Waals surface area contributed by atoms with Gasteiger partial charge in [-0.3, -0.25) is 0 Å². The van der Waals surface area contributed by atoms with E-state index in [1.807, 2.05) is 10.1 Å². The number of hydrogen-bond acceptors (Lipinski definition) is 4. The number of aryl methyl sites for hydroxylation is 1. The van der Waals surface area contributed by atoms with E-state index >= 15 is 0 Å². The first kappa shape index (κ1) is 19.9. The minimum Gasteiger partial charge on any atom is -0.241 e. The van der Waals surface area contributed by atoms with Crippen LogP contribution in [0.4, 0.5) is 13.2 Å². The molecule has 4 nitrogen and oxygen atoms in total. The molecule has 0 unspecified atom stereocenters. The second kappa shape index (κ2) is 8.29. The van der Waals surface area contributed by atoms with Crippen LogP contribution in [0.5, 0.6) is 0 Å². The quantitative estimate of drug-likeness (QED) is 0.725. The van der Waals surface area contributed by atoms with Crippen LogP contribution in [0.3, 0.4) is 0 Å². The van der Waals surface area contributed by atoms with Crippen molar-refractivity contribution in [2.75, 3.05) is 6.54 Å². The van der Waals surface area contributed by atoms with Gasteiger partial charge in [0, 0.05) is 17.5 Å². The molecule has 138 valence electrons. The number of halogens is 3. The van der Waals surface area contributed by atoms with Gasteiger partial charge in [-0.25, -0.2) is 18.1 Å². The standard InChI is InChI=1S/C16H19F3N2O2S2/c1-2-3-4-15-21-14(11-24-15)12-5-7-13(8-6-12)25(22,23)20-10-9-16(17,18)19/h5-8,11,20H,2-4,9-10H2,1H3. The first-order chi connectivity index (χ1) is 11.7. The van der Waals surface area contributed by atoms with Gasteiger partial charge in [0.05, 0.1) is 22.0 Å². The van der Waals surface area contributed by atoms with E-state index in [1.165, 1.54) is 12.1 Å². The van der Waals surface area contributed by atoms with Crippen LogP contribution in [-0.4, -0.2) is 26.1 Å². The zero-order valence-corrected chi connectivity index (χ0v) is 15.3. The average molecular weight is 392 g/mol. The van der Waals surface area contributed by atoms with Crippen LogP contribution < -0.4 is 4.72 Å². The predicted molar refractivity (Wildman–Crippen MR) is 92.0 cm³/mol. The number of sulfonamides is 1. The van der Waals surface area contributed by atoms with E-state index in [9.17, 15) is 21.6 Å². The van der Waals surface area contributed by atoms with Crippen molar-refractivity contribution in [3.8, 4) is 11.3 Å². The predicted octanol–water partition coefficient (Wildman–Crippen LogP) is 4.38.